The summed E-state index contributed by atoms with van der Waals surface area (Å²) in [5, 5.41) is 11.5. The molecule has 0 aliphatic heterocycles. The number of allylic oxidation sites excluding steroid dienone is 4. The number of benzene rings is 1. The molecule has 0 aliphatic carbocycles. The summed E-state index contributed by atoms with van der Waals surface area (Å²) < 4.78 is 10.8. The number of ether oxygens (including phenoxy) is 2. The van der Waals surface area contributed by atoms with Crippen molar-refractivity contribution in [2.24, 2.45) is 0 Å². The van der Waals surface area contributed by atoms with E-state index in [1.165, 1.54) is 0 Å². The fourth-order valence-corrected chi connectivity index (χ4v) is 4.33. The Labute approximate surface area is 212 Å². The molecule has 0 unspecified atom stereocenters. The van der Waals surface area contributed by atoms with E-state index in [4.69, 9.17) is 9.47 Å². The van der Waals surface area contributed by atoms with Crippen LogP contribution in [-0.4, -0.2) is 59.3 Å². The number of fused-ring (bicyclic) bond motifs is 1. The molecular formula is C29H35N3O4. The second-order valence-corrected chi connectivity index (χ2v) is 8.53. The molecule has 0 saturated heterocycles. The van der Waals surface area contributed by atoms with Crippen LogP contribution in [0.2, 0.25) is 0 Å². The summed E-state index contributed by atoms with van der Waals surface area (Å²) >= 11 is 0. The molecule has 7 heteroatoms. The van der Waals surface area contributed by atoms with Crippen molar-refractivity contribution in [1.29, 1.82) is 0 Å². The maximum absolute atomic E-state index is 13.4. The maximum atomic E-state index is 13.4. The highest BCUT2D eigenvalue weighted by molar-refractivity contribution is 5.99. The van der Waals surface area contributed by atoms with Crippen LogP contribution in [0, 0.1) is 0 Å². The predicted octanol–water partition coefficient (Wildman–Crippen LogP) is 5.94. The number of aromatic amines is 1. The lowest BCUT2D eigenvalue weighted by Gasteiger charge is -2.29. The monoisotopic (exact) mass is 489 g/mol. The summed E-state index contributed by atoms with van der Waals surface area (Å²) in [6.07, 6.45) is 9.94. The minimum atomic E-state index is -0.229. The number of carbonyl (C=O) groups is 1. The van der Waals surface area contributed by atoms with Crippen molar-refractivity contribution >= 4 is 22.5 Å². The predicted molar refractivity (Wildman–Crippen MR) is 145 cm³/mol. The minimum absolute atomic E-state index is 0.0543. The summed E-state index contributed by atoms with van der Waals surface area (Å²) in [6.45, 7) is 10.7. The third-order valence-corrected chi connectivity index (χ3v) is 6.09. The van der Waals surface area contributed by atoms with Crippen LogP contribution in [0.15, 0.2) is 67.2 Å². The Bertz CT molecular complexity index is 1290. The molecule has 0 bridgehead atoms. The SMILES string of the molecule is C=C/C=C(OC)\C(=C/C)c1c[nH]c2ncc(-c3ccc(O)c(C(=O)N(CCC)[C@@H](C)COC)c3)cc12. The van der Waals surface area contributed by atoms with E-state index >= 15 is 0 Å². The molecule has 0 fully saturated rings. The van der Waals surface area contributed by atoms with Gasteiger partial charge in [0.05, 0.1) is 25.3 Å². The lowest BCUT2D eigenvalue weighted by molar-refractivity contribution is 0.0561. The fraction of sp³-hybridized carbons (Fsp3) is 0.310. The van der Waals surface area contributed by atoms with Crippen LogP contribution in [0.4, 0.5) is 0 Å². The first-order valence-electron chi connectivity index (χ1n) is 12.0. The zero-order valence-electron chi connectivity index (χ0n) is 21.7. The molecule has 1 aromatic carbocycles. The van der Waals surface area contributed by atoms with Crippen LogP contribution >= 0.6 is 0 Å². The van der Waals surface area contributed by atoms with E-state index in [0.717, 1.165) is 39.7 Å². The number of hydrogen-bond donors (Lipinski definition) is 2. The third-order valence-electron chi connectivity index (χ3n) is 6.09. The molecule has 0 aliphatic rings. The Kier molecular flexibility index (Phi) is 9.08. The van der Waals surface area contributed by atoms with Gasteiger partial charge in [-0.25, -0.2) is 4.98 Å². The molecule has 2 heterocycles. The summed E-state index contributed by atoms with van der Waals surface area (Å²) in [5.74, 6) is 0.409. The molecule has 1 atom stereocenters. The van der Waals surface area contributed by atoms with Crippen molar-refractivity contribution < 1.29 is 19.4 Å². The second-order valence-electron chi connectivity index (χ2n) is 8.53. The number of pyridine rings is 1. The number of rotatable bonds is 11. The largest absolute Gasteiger partial charge is 0.507 e. The Balaban J connectivity index is 2.07. The average Bonchev–Trinajstić information content (AvgIpc) is 3.30. The highest BCUT2D eigenvalue weighted by atomic mass is 16.5. The van der Waals surface area contributed by atoms with E-state index in [0.29, 0.717) is 18.9 Å². The van der Waals surface area contributed by atoms with Crippen LogP contribution in [0.3, 0.4) is 0 Å². The lowest BCUT2D eigenvalue weighted by atomic mass is 9.99. The molecule has 7 nitrogen and oxygen atoms in total. The van der Waals surface area contributed by atoms with Crippen molar-refractivity contribution in [3.8, 4) is 16.9 Å². The highest BCUT2D eigenvalue weighted by Crippen LogP contribution is 2.33. The van der Waals surface area contributed by atoms with Crippen LogP contribution in [0.5, 0.6) is 5.75 Å². The first-order chi connectivity index (χ1) is 17.4. The molecule has 190 valence electrons. The zero-order valence-corrected chi connectivity index (χ0v) is 21.7. The molecule has 0 radical (unpaired) electrons. The molecule has 0 saturated carbocycles. The van der Waals surface area contributed by atoms with E-state index in [1.54, 1.807) is 49.6 Å². The summed E-state index contributed by atoms with van der Waals surface area (Å²) in [7, 11) is 3.24. The molecule has 3 aromatic rings. The quantitative estimate of drug-likeness (QED) is 0.257. The summed E-state index contributed by atoms with van der Waals surface area (Å²) in [4.78, 5) is 23.0. The van der Waals surface area contributed by atoms with E-state index < -0.39 is 0 Å². The number of amides is 1. The Morgan fingerprint density at radius 1 is 1.25 bits per heavy atom. The topological polar surface area (TPSA) is 87.7 Å². The highest BCUT2D eigenvalue weighted by Gasteiger charge is 2.24. The van der Waals surface area contributed by atoms with Crippen LogP contribution in [-0.2, 0) is 9.47 Å². The van der Waals surface area contributed by atoms with E-state index in [9.17, 15) is 9.90 Å². The lowest BCUT2D eigenvalue weighted by Crippen LogP contribution is -2.41. The molecule has 2 N–H and O–H groups in total. The Morgan fingerprint density at radius 2 is 2.03 bits per heavy atom. The van der Waals surface area contributed by atoms with Gasteiger partial charge in [0.2, 0.25) is 0 Å². The van der Waals surface area contributed by atoms with Crippen molar-refractivity contribution in [2.75, 3.05) is 27.4 Å². The molecule has 36 heavy (non-hydrogen) atoms. The van der Waals surface area contributed by atoms with E-state index in [-0.39, 0.29) is 23.3 Å². The van der Waals surface area contributed by atoms with Crippen LogP contribution in [0.25, 0.3) is 27.7 Å². The van der Waals surface area contributed by atoms with Gasteiger partial charge >= 0.3 is 0 Å². The van der Waals surface area contributed by atoms with Gasteiger partial charge in [0.15, 0.2) is 0 Å². The number of phenols is 1. The molecule has 0 spiro atoms. The van der Waals surface area contributed by atoms with Crippen molar-refractivity contribution in [1.82, 2.24) is 14.9 Å². The van der Waals surface area contributed by atoms with Gasteiger partial charge in [-0.3, -0.25) is 4.79 Å². The standard InChI is InChI=1S/C29H35N3O4/c1-7-10-27(36-6)22(9-3)25-17-31-28-23(25)15-21(16-30-28)20-11-12-26(33)24(14-20)29(34)32(13-8-2)19(4)18-35-5/h7,9-12,14-17,19,33H,1,8,13,18H2,2-6H3,(H,30,31)/b22-9-,27-10+/t19-/m0/s1. The Hall–Kier alpha value is -3.84. The van der Waals surface area contributed by atoms with Gasteiger partial charge in [-0.05, 0) is 50.1 Å². The first kappa shape index (κ1) is 26.8. The third kappa shape index (κ3) is 5.52. The number of hydrogen-bond acceptors (Lipinski definition) is 5. The van der Waals surface area contributed by atoms with E-state index in [1.807, 2.05) is 45.2 Å². The summed E-state index contributed by atoms with van der Waals surface area (Å²) in [6, 6.07) is 6.98. The number of nitrogens with zero attached hydrogens (tertiary/aromatic N) is 2. The van der Waals surface area contributed by atoms with Crippen molar-refractivity contribution in [3.05, 3.63) is 78.4 Å². The van der Waals surface area contributed by atoms with Crippen LogP contribution in [0.1, 0.15) is 43.1 Å². The van der Waals surface area contributed by atoms with Gasteiger partial charge in [0.25, 0.3) is 5.91 Å². The van der Waals surface area contributed by atoms with Gasteiger partial charge in [0, 0.05) is 48.1 Å². The maximum Gasteiger partial charge on any atom is 0.257 e. The number of H-pyrrole nitrogens is 1. The number of phenolic OH excluding ortho intramolecular Hbond substituents is 1. The molecule has 3 rings (SSSR count). The van der Waals surface area contributed by atoms with Gasteiger partial charge in [-0.2, -0.15) is 0 Å². The zero-order chi connectivity index (χ0) is 26.2. The normalized spacial score (nSPS) is 13.0. The van der Waals surface area contributed by atoms with Gasteiger partial charge < -0.3 is 24.5 Å². The molecular weight excluding hydrogens is 454 g/mol. The second kappa shape index (κ2) is 12.2. The number of methoxy groups -OCH3 is 2. The Morgan fingerprint density at radius 3 is 2.67 bits per heavy atom. The number of nitrogens with one attached hydrogen (secondary N) is 1. The van der Waals surface area contributed by atoms with Crippen molar-refractivity contribution in [3.63, 3.8) is 0 Å². The number of aromatic nitrogens is 2. The van der Waals surface area contributed by atoms with Gasteiger partial charge in [0.1, 0.15) is 17.2 Å². The number of aromatic hydroxyl groups is 1. The van der Waals surface area contributed by atoms with Gasteiger partial charge in [-0.15, -0.1) is 0 Å². The average molecular weight is 490 g/mol. The number of carbonyl (C=O) groups excluding carboxylic acids is 1. The first-order valence-corrected chi connectivity index (χ1v) is 12.0. The van der Waals surface area contributed by atoms with E-state index in [2.05, 4.69) is 16.5 Å². The van der Waals surface area contributed by atoms with Gasteiger partial charge in [-0.1, -0.05) is 31.7 Å². The van der Waals surface area contributed by atoms with Crippen molar-refractivity contribution in [2.45, 2.75) is 33.2 Å². The molecule has 2 aromatic heterocycles. The van der Waals surface area contributed by atoms with Crippen LogP contribution < -0.4 is 0 Å². The molecule has 1 amide bonds. The smallest absolute Gasteiger partial charge is 0.257 e. The fourth-order valence-electron chi connectivity index (χ4n) is 4.33. The minimum Gasteiger partial charge on any atom is -0.507 e. The summed E-state index contributed by atoms with van der Waals surface area (Å²) in [5.41, 5.74) is 4.44.